The van der Waals surface area contributed by atoms with E-state index in [1.807, 2.05) is 0 Å². The smallest absolute Gasteiger partial charge is 0.317 e. The average Bonchev–Trinajstić information content (AvgIpc) is 2.33. The van der Waals surface area contributed by atoms with Crippen LogP contribution in [0.25, 0.3) is 0 Å². The highest BCUT2D eigenvalue weighted by Crippen LogP contribution is 2.48. The van der Waals surface area contributed by atoms with E-state index in [1.165, 1.54) is 0 Å². The van der Waals surface area contributed by atoms with Crippen LogP contribution in [0.1, 0.15) is 58.8 Å². The van der Waals surface area contributed by atoms with Crippen molar-refractivity contribution in [1.29, 1.82) is 0 Å². The average molecular weight is 252 g/mol. The summed E-state index contributed by atoms with van der Waals surface area (Å²) in [7, 11) is 0. The fraction of sp³-hybridized carbons (Fsp3) is 0.867. The Morgan fingerprint density at radius 2 is 1.94 bits per heavy atom. The topological polar surface area (TPSA) is 54.4 Å². The molecule has 102 valence electrons. The van der Waals surface area contributed by atoms with Crippen LogP contribution in [0.4, 0.5) is 0 Å². The molecule has 0 aromatic carbocycles. The molecular weight excluding hydrogens is 228 g/mol. The fourth-order valence-electron chi connectivity index (χ4n) is 3.88. The van der Waals surface area contributed by atoms with Crippen LogP contribution < -0.4 is 0 Å². The Labute approximate surface area is 109 Å². The number of hydrogen-bond acceptors (Lipinski definition) is 2. The van der Waals surface area contributed by atoms with Gasteiger partial charge in [0.1, 0.15) is 11.2 Å². The van der Waals surface area contributed by atoms with Gasteiger partial charge in [0.15, 0.2) is 0 Å². The maximum absolute atomic E-state index is 12.3. The quantitative estimate of drug-likeness (QED) is 0.767. The van der Waals surface area contributed by atoms with Crippen LogP contribution in [-0.4, -0.2) is 16.9 Å². The molecule has 2 aliphatic rings. The predicted octanol–water partition coefficient (Wildman–Crippen LogP) is 3.27. The summed E-state index contributed by atoms with van der Waals surface area (Å²) < 4.78 is 0. The third-order valence-electron chi connectivity index (χ3n) is 5.40. The molecule has 0 aromatic heterocycles. The Hall–Kier alpha value is -0.860. The largest absolute Gasteiger partial charge is 0.480 e. The first kappa shape index (κ1) is 13.6. The second-order valence-corrected chi connectivity index (χ2v) is 6.37. The van der Waals surface area contributed by atoms with Crippen LogP contribution >= 0.6 is 0 Å². The lowest BCUT2D eigenvalue weighted by Gasteiger charge is -2.43. The highest BCUT2D eigenvalue weighted by atomic mass is 16.4. The summed E-state index contributed by atoms with van der Waals surface area (Å²) >= 11 is 0. The monoisotopic (exact) mass is 252 g/mol. The lowest BCUT2D eigenvalue weighted by molar-refractivity contribution is -0.163. The molecule has 0 spiro atoms. The van der Waals surface area contributed by atoms with E-state index in [1.54, 1.807) is 0 Å². The van der Waals surface area contributed by atoms with Gasteiger partial charge in [-0.2, -0.15) is 0 Å². The molecule has 2 aliphatic carbocycles. The number of carboxylic acids is 1. The van der Waals surface area contributed by atoms with Gasteiger partial charge in [-0.25, -0.2) is 0 Å². The Balaban J connectivity index is 2.25. The molecule has 0 aliphatic heterocycles. The van der Waals surface area contributed by atoms with Gasteiger partial charge < -0.3 is 5.11 Å². The van der Waals surface area contributed by atoms with E-state index in [-0.39, 0.29) is 11.7 Å². The number of Topliss-reactive ketones (excluding diaryl/α,β-unsaturated/α-hetero) is 1. The zero-order valence-corrected chi connectivity index (χ0v) is 11.4. The zero-order valence-electron chi connectivity index (χ0n) is 11.4. The second-order valence-electron chi connectivity index (χ2n) is 6.37. The van der Waals surface area contributed by atoms with E-state index in [9.17, 15) is 14.7 Å². The minimum atomic E-state index is -1.05. The van der Waals surface area contributed by atoms with Crippen molar-refractivity contribution < 1.29 is 14.7 Å². The number of ketones is 1. The summed E-state index contributed by atoms with van der Waals surface area (Å²) in [6, 6.07) is 0. The highest BCUT2D eigenvalue weighted by Gasteiger charge is 2.53. The normalized spacial score (nSPS) is 41.7. The van der Waals surface area contributed by atoms with Gasteiger partial charge in [0, 0.05) is 6.42 Å². The van der Waals surface area contributed by atoms with Gasteiger partial charge >= 0.3 is 5.97 Å². The van der Waals surface area contributed by atoms with Gasteiger partial charge in [-0.3, -0.25) is 9.59 Å². The molecule has 4 unspecified atom stereocenters. The molecule has 2 fully saturated rings. The molecule has 2 rings (SSSR count). The van der Waals surface area contributed by atoms with E-state index >= 15 is 0 Å². The molecule has 0 amide bonds. The Bertz CT molecular complexity index is 350. The maximum atomic E-state index is 12.3. The van der Waals surface area contributed by atoms with Crippen LogP contribution in [0.15, 0.2) is 0 Å². The van der Waals surface area contributed by atoms with Crippen LogP contribution in [0, 0.1) is 23.2 Å². The first-order chi connectivity index (χ1) is 8.48. The van der Waals surface area contributed by atoms with Gasteiger partial charge in [-0.1, -0.05) is 26.7 Å². The summed E-state index contributed by atoms with van der Waals surface area (Å²) in [6.07, 6.45) is 5.65. The number of carboxylic acid groups (broad SMARTS) is 1. The standard InChI is InChI=1S/C15H24O3/c1-10-6-7-12(9-11(10)2)15(14(17)18)8-4-3-5-13(15)16/h10-12H,3-9H2,1-2H3,(H,17,18). The van der Waals surface area contributed by atoms with E-state index in [4.69, 9.17) is 0 Å². The minimum Gasteiger partial charge on any atom is -0.480 e. The maximum Gasteiger partial charge on any atom is 0.317 e. The molecule has 1 N–H and O–H groups in total. The third kappa shape index (κ3) is 2.08. The highest BCUT2D eigenvalue weighted by molar-refractivity contribution is 6.03. The molecule has 0 saturated heterocycles. The first-order valence-electron chi connectivity index (χ1n) is 7.25. The Morgan fingerprint density at radius 1 is 1.22 bits per heavy atom. The Morgan fingerprint density at radius 3 is 2.50 bits per heavy atom. The van der Waals surface area contributed by atoms with Crippen LogP contribution in [-0.2, 0) is 9.59 Å². The number of aliphatic carboxylic acids is 1. The number of carbonyl (C=O) groups is 2. The molecule has 18 heavy (non-hydrogen) atoms. The summed E-state index contributed by atoms with van der Waals surface area (Å²) in [5.41, 5.74) is -1.05. The molecule has 3 nitrogen and oxygen atoms in total. The van der Waals surface area contributed by atoms with Crippen molar-refractivity contribution in [2.75, 3.05) is 0 Å². The van der Waals surface area contributed by atoms with Crippen LogP contribution in [0.5, 0.6) is 0 Å². The molecular formula is C15H24O3. The molecule has 4 atom stereocenters. The summed E-state index contributed by atoms with van der Waals surface area (Å²) in [4.78, 5) is 24.0. The van der Waals surface area contributed by atoms with Crippen molar-refractivity contribution in [3.63, 3.8) is 0 Å². The molecule has 0 aromatic rings. The van der Waals surface area contributed by atoms with Crippen molar-refractivity contribution in [1.82, 2.24) is 0 Å². The van der Waals surface area contributed by atoms with Gasteiger partial charge in [-0.05, 0) is 43.4 Å². The van der Waals surface area contributed by atoms with E-state index < -0.39 is 11.4 Å². The first-order valence-corrected chi connectivity index (χ1v) is 7.25. The molecule has 2 saturated carbocycles. The second kappa shape index (κ2) is 5.02. The lowest BCUT2D eigenvalue weighted by Crippen LogP contribution is -2.49. The predicted molar refractivity (Wildman–Crippen MR) is 69.2 cm³/mol. The lowest BCUT2D eigenvalue weighted by atomic mass is 9.58. The van der Waals surface area contributed by atoms with Crippen LogP contribution in [0.3, 0.4) is 0 Å². The van der Waals surface area contributed by atoms with Crippen LogP contribution in [0.2, 0.25) is 0 Å². The van der Waals surface area contributed by atoms with E-state index in [2.05, 4.69) is 13.8 Å². The van der Waals surface area contributed by atoms with Gasteiger partial charge in [0.25, 0.3) is 0 Å². The number of hydrogen-bond donors (Lipinski definition) is 1. The van der Waals surface area contributed by atoms with Gasteiger partial charge in [-0.15, -0.1) is 0 Å². The van der Waals surface area contributed by atoms with Gasteiger partial charge in [0.2, 0.25) is 0 Å². The number of carbonyl (C=O) groups excluding carboxylic acids is 1. The van der Waals surface area contributed by atoms with Gasteiger partial charge in [0.05, 0.1) is 0 Å². The summed E-state index contributed by atoms with van der Waals surface area (Å²) in [6.45, 7) is 4.43. The third-order valence-corrected chi connectivity index (χ3v) is 5.40. The summed E-state index contributed by atoms with van der Waals surface area (Å²) in [5.74, 6) is 0.390. The van der Waals surface area contributed by atoms with E-state index in [0.29, 0.717) is 24.7 Å². The SMILES string of the molecule is CC1CCC(C2(C(=O)O)CCCCC2=O)CC1C. The van der Waals surface area contributed by atoms with E-state index in [0.717, 1.165) is 32.1 Å². The molecule has 0 radical (unpaired) electrons. The zero-order chi connectivity index (χ0) is 13.3. The summed E-state index contributed by atoms with van der Waals surface area (Å²) in [5, 5.41) is 9.64. The molecule has 0 bridgehead atoms. The van der Waals surface area contributed by atoms with Crippen molar-refractivity contribution >= 4 is 11.8 Å². The minimum absolute atomic E-state index is 0.00648. The van der Waals surface area contributed by atoms with Crippen molar-refractivity contribution in [2.45, 2.75) is 58.8 Å². The van der Waals surface area contributed by atoms with Crippen molar-refractivity contribution in [3.05, 3.63) is 0 Å². The van der Waals surface area contributed by atoms with Crippen molar-refractivity contribution in [3.8, 4) is 0 Å². The Kier molecular flexibility index (Phi) is 3.79. The molecule has 3 heteroatoms. The fourth-order valence-corrected chi connectivity index (χ4v) is 3.88. The number of rotatable bonds is 2. The molecule has 0 heterocycles. The van der Waals surface area contributed by atoms with Crippen molar-refractivity contribution in [2.24, 2.45) is 23.2 Å².